The normalized spacial score (nSPS) is 13.1. The third-order valence-electron chi connectivity index (χ3n) is 2.04. The van der Waals surface area contributed by atoms with Crippen molar-refractivity contribution in [3.63, 3.8) is 0 Å². The molecule has 86 valence electrons. The van der Waals surface area contributed by atoms with E-state index in [1.807, 2.05) is 19.1 Å². The Morgan fingerprint density at radius 2 is 1.94 bits per heavy atom. The van der Waals surface area contributed by atoms with Gasteiger partial charge in [-0.1, -0.05) is 17.7 Å². The lowest BCUT2D eigenvalue weighted by Gasteiger charge is -2.14. The van der Waals surface area contributed by atoms with Crippen molar-refractivity contribution >= 4 is 11.1 Å². The zero-order valence-electron chi connectivity index (χ0n) is 9.69. The van der Waals surface area contributed by atoms with Crippen LogP contribution in [-0.4, -0.2) is 10.8 Å². The summed E-state index contributed by atoms with van der Waals surface area (Å²) in [5.41, 5.74) is 0.499. The van der Waals surface area contributed by atoms with Crippen LogP contribution in [-0.2, 0) is 15.3 Å². The average molecular weight is 237 g/mol. The van der Waals surface area contributed by atoms with E-state index in [4.69, 9.17) is 9.44 Å². The van der Waals surface area contributed by atoms with Gasteiger partial charge in [0.25, 0.3) is 0 Å². The van der Waals surface area contributed by atoms with Crippen molar-refractivity contribution in [1.82, 2.24) is 0 Å². The van der Waals surface area contributed by atoms with Gasteiger partial charge >= 0.3 is 0 Å². The Hall–Kier alpha value is -1.18. The van der Waals surface area contributed by atoms with E-state index in [9.17, 15) is 4.21 Å². The summed E-state index contributed by atoms with van der Waals surface area (Å²) in [5, 5.41) is 8.78. The second-order valence-corrected chi connectivity index (χ2v) is 5.48. The minimum atomic E-state index is -1.49. The summed E-state index contributed by atoms with van der Waals surface area (Å²) in [6.07, 6.45) is 0. The van der Waals surface area contributed by atoms with Gasteiger partial charge in [-0.05, 0) is 32.9 Å². The molecular weight excluding hydrogens is 222 g/mol. The van der Waals surface area contributed by atoms with E-state index < -0.39 is 16.5 Å². The van der Waals surface area contributed by atoms with Crippen LogP contribution in [0, 0.1) is 23.7 Å². The zero-order chi connectivity index (χ0) is 12.2. The first kappa shape index (κ1) is 12.9. The molecule has 0 saturated heterocycles. The maximum atomic E-state index is 11.7. The molecule has 1 aromatic carbocycles. The van der Waals surface area contributed by atoms with E-state index in [1.54, 1.807) is 26.0 Å². The molecule has 0 saturated carbocycles. The highest BCUT2D eigenvalue weighted by Gasteiger charge is 2.19. The number of nitriles is 1. The summed E-state index contributed by atoms with van der Waals surface area (Å²) in [4.78, 5) is 0.624. The third-order valence-corrected chi connectivity index (χ3v) is 3.03. The van der Waals surface area contributed by atoms with Crippen molar-refractivity contribution in [2.45, 2.75) is 25.7 Å². The Morgan fingerprint density at radius 1 is 1.38 bits per heavy atom. The molecule has 1 unspecified atom stereocenters. The number of aryl methyl sites for hydroxylation is 1. The van der Waals surface area contributed by atoms with Crippen LogP contribution in [0.2, 0.25) is 0 Å². The number of nitrogens with zero attached hydrogens (tertiary/aromatic N) is 1. The molecule has 16 heavy (non-hydrogen) atoms. The Labute approximate surface area is 98.7 Å². The molecule has 0 radical (unpaired) electrons. The highest BCUT2D eigenvalue weighted by Crippen LogP contribution is 2.16. The summed E-state index contributed by atoms with van der Waals surface area (Å²) in [5.74, 6) is 0. The largest absolute Gasteiger partial charge is 0.285 e. The quantitative estimate of drug-likeness (QED) is 0.808. The molecule has 1 rings (SSSR count). The molecule has 4 heteroatoms. The first-order valence-corrected chi connectivity index (χ1v) is 6.05. The van der Waals surface area contributed by atoms with E-state index in [0.717, 1.165) is 5.56 Å². The van der Waals surface area contributed by atoms with E-state index in [0.29, 0.717) is 4.90 Å². The average Bonchev–Trinajstić information content (AvgIpc) is 2.27. The maximum Gasteiger partial charge on any atom is 0.189 e. The van der Waals surface area contributed by atoms with Gasteiger partial charge in [0.2, 0.25) is 0 Å². The summed E-state index contributed by atoms with van der Waals surface area (Å²) < 4.78 is 16.9. The standard InChI is InChI=1S/C12H15NO2S/c1-10-4-6-11(7-5-10)16(14)15-9-12(2,3)8-13/h4-7H,9H2,1-3H3. The predicted octanol–water partition coefficient (Wildman–Crippen LogP) is 2.58. The molecule has 0 fully saturated rings. The molecule has 0 aliphatic rings. The molecule has 0 N–H and O–H groups in total. The highest BCUT2D eigenvalue weighted by atomic mass is 32.2. The van der Waals surface area contributed by atoms with Crippen LogP contribution in [0.25, 0.3) is 0 Å². The predicted molar refractivity (Wildman–Crippen MR) is 62.9 cm³/mol. The fraction of sp³-hybridized carbons (Fsp3) is 0.417. The molecule has 0 heterocycles. The van der Waals surface area contributed by atoms with Crippen molar-refractivity contribution in [3.8, 4) is 6.07 Å². The van der Waals surface area contributed by atoms with E-state index >= 15 is 0 Å². The number of benzene rings is 1. The van der Waals surface area contributed by atoms with Gasteiger partial charge in [-0.2, -0.15) is 5.26 Å². The van der Waals surface area contributed by atoms with E-state index in [1.165, 1.54) is 0 Å². The smallest absolute Gasteiger partial charge is 0.189 e. The Kier molecular flexibility index (Phi) is 4.22. The lowest BCUT2D eigenvalue weighted by Crippen LogP contribution is -2.17. The third kappa shape index (κ3) is 3.76. The van der Waals surface area contributed by atoms with Crippen LogP contribution >= 0.6 is 0 Å². The SMILES string of the molecule is Cc1ccc(S(=O)OCC(C)(C)C#N)cc1. The van der Waals surface area contributed by atoms with Crippen LogP contribution in [0.3, 0.4) is 0 Å². The Morgan fingerprint density at radius 3 is 2.44 bits per heavy atom. The second-order valence-electron chi connectivity index (χ2n) is 4.31. The Balaban J connectivity index is 2.61. The zero-order valence-corrected chi connectivity index (χ0v) is 10.5. The van der Waals surface area contributed by atoms with Crippen LogP contribution < -0.4 is 0 Å². The first-order valence-electron chi connectivity index (χ1n) is 4.97. The van der Waals surface area contributed by atoms with Crippen LogP contribution in [0.1, 0.15) is 19.4 Å². The van der Waals surface area contributed by atoms with Crippen LogP contribution in [0.15, 0.2) is 29.2 Å². The van der Waals surface area contributed by atoms with Crippen molar-refractivity contribution in [2.75, 3.05) is 6.61 Å². The van der Waals surface area contributed by atoms with E-state index in [-0.39, 0.29) is 6.61 Å². The second kappa shape index (κ2) is 5.24. The first-order chi connectivity index (χ1) is 7.44. The van der Waals surface area contributed by atoms with Gasteiger partial charge in [0.15, 0.2) is 11.1 Å². The van der Waals surface area contributed by atoms with Crippen molar-refractivity contribution < 1.29 is 8.39 Å². The molecule has 1 aromatic rings. The molecule has 0 amide bonds. The van der Waals surface area contributed by atoms with Crippen LogP contribution in [0.5, 0.6) is 0 Å². The van der Waals surface area contributed by atoms with Crippen molar-refractivity contribution in [1.29, 1.82) is 5.26 Å². The fourth-order valence-electron chi connectivity index (χ4n) is 0.951. The summed E-state index contributed by atoms with van der Waals surface area (Å²) in [7, 11) is 0. The summed E-state index contributed by atoms with van der Waals surface area (Å²) >= 11 is -1.49. The minimum Gasteiger partial charge on any atom is -0.285 e. The van der Waals surface area contributed by atoms with Gasteiger partial charge in [-0.15, -0.1) is 0 Å². The van der Waals surface area contributed by atoms with Gasteiger partial charge in [0.1, 0.15) is 0 Å². The minimum absolute atomic E-state index is 0.157. The van der Waals surface area contributed by atoms with Gasteiger partial charge in [0.05, 0.1) is 23.0 Å². The molecule has 1 atom stereocenters. The fourth-order valence-corrected chi connectivity index (χ4v) is 1.85. The number of rotatable bonds is 4. The lowest BCUT2D eigenvalue weighted by molar-refractivity contribution is 0.248. The summed E-state index contributed by atoms with van der Waals surface area (Å²) in [6, 6.07) is 9.40. The van der Waals surface area contributed by atoms with Gasteiger partial charge in [-0.3, -0.25) is 4.18 Å². The summed E-state index contributed by atoms with van der Waals surface area (Å²) in [6.45, 7) is 5.62. The topological polar surface area (TPSA) is 50.1 Å². The molecule has 0 aliphatic carbocycles. The molecule has 0 spiro atoms. The number of hydrogen-bond donors (Lipinski definition) is 0. The maximum absolute atomic E-state index is 11.7. The lowest BCUT2D eigenvalue weighted by atomic mass is 9.98. The van der Waals surface area contributed by atoms with Gasteiger partial charge in [-0.25, -0.2) is 4.21 Å². The van der Waals surface area contributed by atoms with Gasteiger partial charge in [0, 0.05) is 0 Å². The Bertz CT molecular complexity index is 418. The van der Waals surface area contributed by atoms with Gasteiger partial charge < -0.3 is 0 Å². The molecule has 0 aromatic heterocycles. The number of hydrogen-bond acceptors (Lipinski definition) is 3. The van der Waals surface area contributed by atoms with Crippen LogP contribution in [0.4, 0.5) is 0 Å². The van der Waals surface area contributed by atoms with E-state index in [2.05, 4.69) is 6.07 Å². The van der Waals surface area contributed by atoms with Crippen molar-refractivity contribution in [3.05, 3.63) is 29.8 Å². The highest BCUT2D eigenvalue weighted by molar-refractivity contribution is 7.80. The van der Waals surface area contributed by atoms with Crippen molar-refractivity contribution in [2.24, 2.45) is 5.41 Å². The monoisotopic (exact) mass is 237 g/mol. The molecular formula is C12H15NO2S. The molecule has 3 nitrogen and oxygen atoms in total. The molecule has 0 bridgehead atoms. The molecule has 0 aliphatic heterocycles.